The van der Waals surface area contributed by atoms with Gasteiger partial charge in [0.1, 0.15) is 0 Å². The summed E-state index contributed by atoms with van der Waals surface area (Å²) in [5.74, 6) is 2.01. The monoisotopic (exact) mass is 317 g/mol. The molecule has 1 N–H and O–H groups in total. The van der Waals surface area contributed by atoms with Crippen LogP contribution in [0.1, 0.15) is 55.3 Å². The molecule has 2 amide bonds. The van der Waals surface area contributed by atoms with Crippen molar-refractivity contribution in [1.29, 1.82) is 0 Å². The van der Waals surface area contributed by atoms with Crippen LogP contribution in [-0.2, 0) is 0 Å². The van der Waals surface area contributed by atoms with Gasteiger partial charge in [-0.15, -0.1) is 11.3 Å². The van der Waals surface area contributed by atoms with E-state index in [1.54, 1.807) is 11.3 Å². The number of aromatic nitrogens is 1. The quantitative estimate of drug-likeness (QED) is 0.864. The van der Waals surface area contributed by atoms with Crippen molar-refractivity contribution in [2.24, 2.45) is 11.8 Å². The van der Waals surface area contributed by atoms with Gasteiger partial charge in [0.05, 0.1) is 16.7 Å². The highest BCUT2D eigenvalue weighted by atomic mass is 32.1. The first-order chi connectivity index (χ1) is 10.7. The molecule has 0 spiro atoms. The Morgan fingerprint density at radius 2 is 2.00 bits per heavy atom. The number of thiazole rings is 1. The van der Waals surface area contributed by atoms with Crippen molar-refractivity contribution >= 4 is 17.4 Å². The summed E-state index contributed by atoms with van der Waals surface area (Å²) < 4.78 is 0. The van der Waals surface area contributed by atoms with Gasteiger partial charge in [0.25, 0.3) is 0 Å². The first kappa shape index (κ1) is 14.2. The topological polar surface area (TPSA) is 45.2 Å². The van der Waals surface area contributed by atoms with Gasteiger partial charge < -0.3 is 10.2 Å². The van der Waals surface area contributed by atoms with E-state index >= 15 is 0 Å². The van der Waals surface area contributed by atoms with Gasteiger partial charge in [0, 0.05) is 24.4 Å². The Morgan fingerprint density at radius 3 is 2.64 bits per heavy atom. The molecule has 0 unspecified atom stereocenters. The van der Waals surface area contributed by atoms with Crippen molar-refractivity contribution in [2.45, 2.75) is 44.6 Å². The number of likely N-dealkylation sites (tertiary alicyclic amines) is 1. The number of allylic oxidation sites excluding steroid dienone is 2. The summed E-state index contributed by atoms with van der Waals surface area (Å²) in [6.07, 6.45) is 9.33. The second-order valence-electron chi connectivity index (χ2n) is 6.92. The number of nitrogens with one attached hydrogen (secondary N) is 1. The van der Waals surface area contributed by atoms with Gasteiger partial charge in [-0.1, -0.05) is 12.2 Å². The fourth-order valence-corrected chi connectivity index (χ4v) is 4.63. The largest absolute Gasteiger partial charge is 0.330 e. The molecule has 3 aliphatic rings. The Hall–Kier alpha value is -1.36. The van der Waals surface area contributed by atoms with E-state index in [9.17, 15) is 4.79 Å². The van der Waals surface area contributed by atoms with Gasteiger partial charge >= 0.3 is 6.03 Å². The Kier molecular flexibility index (Phi) is 3.68. The summed E-state index contributed by atoms with van der Waals surface area (Å²) >= 11 is 1.74. The molecular formula is C17H23N3OS. The fourth-order valence-electron chi connectivity index (χ4n) is 3.55. The summed E-state index contributed by atoms with van der Waals surface area (Å²) in [4.78, 5) is 19.2. The molecule has 2 heterocycles. The van der Waals surface area contributed by atoms with Gasteiger partial charge in [-0.3, -0.25) is 0 Å². The van der Waals surface area contributed by atoms with Crippen LogP contribution in [0.5, 0.6) is 0 Å². The predicted molar refractivity (Wildman–Crippen MR) is 88.0 cm³/mol. The lowest BCUT2D eigenvalue weighted by molar-refractivity contribution is 0.203. The van der Waals surface area contributed by atoms with E-state index in [2.05, 4.69) is 22.8 Å². The smallest absolute Gasteiger partial charge is 0.317 e. The third kappa shape index (κ3) is 2.78. The Balaban J connectivity index is 1.35. The van der Waals surface area contributed by atoms with E-state index in [-0.39, 0.29) is 12.1 Å². The fraction of sp³-hybridized carbons (Fsp3) is 0.647. The van der Waals surface area contributed by atoms with E-state index in [4.69, 9.17) is 4.98 Å². The van der Waals surface area contributed by atoms with Crippen LogP contribution in [0.25, 0.3) is 0 Å². The SMILES string of the molecule is C[C@H](NC(=O)N1C[C@H]2CC=CC[C@@H]2C1)c1csc(C2CC2)n1. The average molecular weight is 317 g/mol. The molecule has 0 radical (unpaired) electrons. The molecule has 1 saturated heterocycles. The number of nitrogens with zero attached hydrogens (tertiary/aromatic N) is 2. The van der Waals surface area contributed by atoms with Crippen LogP contribution in [0, 0.1) is 11.8 Å². The van der Waals surface area contributed by atoms with Crippen molar-refractivity contribution in [3.05, 3.63) is 28.2 Å². The summed E-state index contributed by atoms with van der Waals surface area (Å²) in [6.45, 7) is 3.84. The first-order valence-corrected chi connectivity index (χ1v) is 9.24. The van der Waals surface area contributed by atoms with E-state index in [0.29, 0.717) is 17.8 Å². The molecule has 4 nitrogen and oxygen atoms in total. The van der Waals surface area contributed by atoms with E-state index in [1.807, 2.05) is 11.8 Å². The standard InChI is InChI=1S/C17H23N3OS/c1-11(15-10-22-16(19-15)12-6-7-12)18-17(21)20-8-13-4-2-3-5-14(13)9-20/h2-3,10-14H,4-9H2,1H3,(H,18,21)/t11-,13+,14+/m0/s1. The predicted octanol–water partition coefficient (Wildman–Crippen LogP) is 3.69. The van der Waals surface area contributed by atoms with Crippen molar-refractivity contribution < 1.29 is 4.79 Å². The van der Waals surface area contributed by atoms with Crippen LogP contribution >= 0.6 is 11.3 Å². The Bertz CT molecular complexity index is 576. The van der Waals surface area contributed by atoms with Crippen LogP contribution < -0.4 is 5.32 Å². The first-order valence-electron chi connectivity index (χ1n) is 8.36. The third-order valence-corrected chi connectivity index (χ3v) is 6.18. The number of hydrogen-bond donors (Lipinski definition) is 1. The van der Waals surface area contributed by atoms with Gasteiger partial charge in [0.2, 0.25) is 0 Å². The second kappa shape index (κ2) is 5.69. The van der Waals surface area contributed by atoms with Crippen molar-refractivity contribution in [2.75, 3.05) is 13.1 Å². The van der Waals surface area contributed by atoms with E-state index in [0.717, 1.165) is 31.6 Å². The minimum Gasteiger partial charge on any atom is -0.330 e. The Morgan fingerprint density at radius 1 is 1.32 bits per heavy atom. The second-order valence-corrected chi connectivity index (χ2v) is 7.81. The van der Waals surface area contributed by atoms with Gasteiger partial charge in [-0.25, -0.2) is 9.78 Å². The van der Waals surface area contributed by atoms with Crippen molar-refractivity contribution in [1.82, 2.24) is 15.2 Å². The molecule has 5 heteroatoms. The van der Waals surface area contributed by atoms with E-state index in [1.165, 1.54) is 17.8 Å². The maximum Gasteiger partial charge on any atom is 0.317 e. The lowest BCUT2D eigenvalue weighted by Gasteiger charge is -2.20. The van der Waals surface area contributed by atoms with Crippen molar-refractivity contribution in [3.63, 3.8) is 0 Å². The normalized spacial score (nSPS) is 28.5. The molecule has 1 aromatic heterocycles. The molecule has 2 aliphatic carbocycles. The summed E-state index contributed by atoms with van der Waals surface area (Å²) in [5, 5.41) is 6.48. The molecular weight excluding hydrogens is 294 g/mol. The van der Waals surface area contributed by atoms with Crippen molar-refractivity contribution in [3.8, 4) is 0 Å². The maximum atomic E-state index is 12.5. The van der Waals surface area contributed by atoms with Crippen LogP contribution in [0.3, 0.4) is 0 Å². The number of carbonyl (C=O) groups excluding carboxylic acids is 1. The highest BCUT2D eigenvalue weighted by molar-refractivity contribution is 7.09. The average Bonchev–Trinajstić information content (AvgIpc) is 3.10. The molecule has 1 saturated carbocycles. The molecule has 22 heavy (non-hydrogen) atoms. The number of carbonyl (C=O) groups is 1. The molecule has 3 atom stereocenters. The molecule has 118 valence electrons. The lowest BCUT2D eigenvalue weighted by atomic mass is 9.86. The van der Waals surface area contributed by atoms with Gasteiger partial charge in [0.15, 0.2) is 0 Å². The highest BCUT2D eigenvalue weighted by Crippen LogP contribution is 2.41. The minimum atomic E-state index is -0.00277. The maximum absolute atomic E-state index is 12.5. The zero-order chi connectivity index (χ0) is 15.1. The molecule has 2 fully saturated rings. The van der Waals surface area contributed by atoms with Crippen LogP contribution in [0.2, 0.25) is 0 Å². The molecule has 0 bridgehead atoms. The Labute approximate surface area is 135 Å². The molecule has 0 aromatic carbocycles. The number of urea groups is 1. The number of fused-ring (bicyclic) bond motifs is 1. The zero-order valence-corrected chi connectivity index (χ0v) is 13.8. The van der Waals surface area contributed by atoms with Crippen LogP contribution in [0.15, 0.2) is 17.5 Å². The summed E-state index contributed by atoms with van der Waals surface area (Å²) in [7, 11) is 0. The molecule has 1 aromatic rings. The number of rotatable bonds is 3. The molecule has 1 aliphatic heterocycles. The number of amides is 2. The van der Waals surface area contributed by atoms with E-state index < -0.39 is 0 Å². The lowest BCUT2D eigenvalue weighted by Crippen LogP contribution is -2.40. The molecule has 4 rings (SSSR count). The van der Waals surface area contributed by atoms with Gasteiger partial charge in [-0.2, -0.15) is 0 Å². The van der Waals surface area contributed by atoms with Crippen LogP contribution in [0.4, 0.5) is 4.79 Å². The highest BCUT2D eigenvalue weighted by Gasteiger charge is 2.35. The van der Waals surface area contributed by atoms with Gasteiger partial charge in [-0.05, 0) is 44.4 Å². The number of hydrogen-bond acceptors (Lipinski definition) is 3. The van der Waals surface area contributed by atoms with Crippen LogP contribution in [-0.4, -0.2) is 29.0 Å². The minimum absolute atomic E-state index is 0.00277. The summed E-state index contributed by atoms with van der Waals surface area (Å²) in [6, 6.07) is 0.0693. The third-order valence-electron chi connectivity index (χ3n) is 5.16. The zero-order valence-electron chi connectivity index (χ0n) is 13.0. The summed E-state index contributed by atoms with van der Waals surface area (Å²) in [5.41, 5.74) is 1.01.